The fraction of sp³-hybridized carbons (Fsp3) is 0.333. The number of nitriles is 1. The van der Waals surface area contributed by atoms with Crippen LogP contribution in [0.25, 0.3) is 0 Å². The number of rotatable bonds is 4. The van der Waals surface area contributed by atoms with Gasteiger partial charge in [-0.15, -0.1) is 0 Å². The van der Waals surface area contributed by atoms with E-state index >= 15 is 0 Å². The van der Waals surface area contributed by atoms with Gasteiger partial charge in [0.25, 0.3) is 0 Å². The first-order chi connectivity index (χ1) is 8.19. The molecular formula is C12H13NO4. The summed E-state index contributed by atoms with van der Waals surface area (Å²) in [5, 5.41) is 8.71. The van der Waals surface area contributed by atoms with Crippen LogP contribution in [0.15, 0.2) is 12.1 Å². The fourth-order valence-corrected chi connectivity index (χ4v) is 1.53. The SMILES string of the molecule is COC(=O)c1c(CC#N)ccc(OC)c1OC. The maximum Gasteiger partial charge on any atom is 0.342 e. The Morgan fingerprint density at radius 1 is 1.29 bits per heavy atom. The average molecular weight is 235 g/mol. The minimum atomic E-state index is -0.550. The Bertz CT molecular complexity index is 462. The Balaban J connectivity index is 3.45. The summed E-state index contributed by atoms with van der Waals surface area (Å²) in [6, 6.07) is 5.29. The van der Waals surface area contributed by atoms with Crippen LogP contribution in [0.5, 0.6) is 11.5 Å². The smallest absolute Gasteiger partial charge is 0.342 e. The Labute approximate surface area is 99.5 Å². The molecule has 1 rings (SSSR count). The number of carbonyl (C=O) groups is 1. The van der Waals surface area contributed by atoms with Gasteiger partial charge in [-0.05, 0) is 11.6 Å². The third kappa shape index (κ3) is 2.48. The number of methoxy groups -OCH3 is 3. The van der Waals surface area contributed by atoms with E-state index in [-0.39, 0.29) is 17.7 Å². The predicted molar refractivity (Wildman–Crippen MR) is 60.2 cm³/mol. The van der Waals surface area contributed by atoms with E-state index in [1.807, 2.05) is 6.07 Å². The molecule has 17 heavy (non-hydrogen) atoms. The van der Waals surface area contributed by atoms with E-state index in [2.05, 4.69) is 4.74 Å². The molecule has 0 atom stereocenters. The summed E-state index contributed by atoms with van der Waals surface area (Å²) < 4.78 is 14.9. The third-order valence-corrected chi connectivity index (χ3v) is 2.29. The van der Waals surface area contributed by atoms with Crippen molar-refractivity contribution in [2.45, 2.75) is 6.42 Å². The molecule has 0 heterocycles. The summed E-state index contributed by atoms with van der Waals surface area (Å²) in [5.41, 5.74) is 0.785. The van der Waals surface area contributed by atoms with Crippen LogP contribution in [-0.4, -0.2) is 27.3 Å². The van der Waals surface area contributed by atoms with E-state index in [1.165, 1.54) is 21.3 Å². The van der Waals surface area contributed by atoms with E-state index in [9.17, 15) is 4.79 Å². The first-order valence-corrected chi connectivity index (χ1v) is 4.88. The molecule has 0 aliphatic carbocycles. The van der Waals surface area contributed by atoms with Gasteiger partial charge < -0.3 is 14.2 Å². The van der Waals surface area contributed by atoms with Crippen molar-refractivity contribution in [3.63, 3.8) is 0 Å². The summed E-state index contributed by atoms with van der Waals surface area (Å²) in [5.74, 6) is 0.160. The van der Waals surface area contributed by atoms with Crippen LogP contribution < -0.4 is 9.47 Å². The number of carbonyl (C=O) groups excluding carboxylic acids is 1. The summed E-state index contributed by atoms with van der Waals surface area (Å²) in [6.45, 7) is 0. The van der Waals surface area contributed by atoms with Gasteiger partial charge in [-0.2, -0.15) is 5.26 Å². The standard InChI is InChI=1S/C12H13NO4/c1-15-9-5-4-8(6-7-13)10(11(9)16-2)12(14)17-3/h4-5H,6H2,1-3H3. The highest BCUT2D eigenvalue weighted by molar-refractivity contribution is 5.95. The number of esters is 1. The lowest BCUT2D eigenvalue weighted by atomic mass is 10.0. The Morgan fingerprint density at radius 3 is 2.47 bits per heavy atom. The summed E-state index contributed by atoms with van der Waals surface area (Å²) in [4.78, 5) is 11.7. The Hall–Kier alpha value is -2.22. The molecule has 0 saturated heterocycles. The highest BCUT2D eigenvalue weighted by Gasteiger charge is 2.21. The van der Waals surface area contributed by atoms with Crippen molar-refractivity contribution in [1.82, 2.24) is 0 Å². The number of ether oxygens (including phenoxy) is 3. The minimum absolute atomic E-state index is 0.102. The Kier molecular flexibility index (Phi) is 4.35. The van der Waals surface area contributed by atoms with Gasteiger partial charge in [0.2, 0.25) is 0 Å². The van der Waals surface area contributed by atoms with Crippen LogP contribution in [0.3, 0.4) is 0 Å². The Morgan fingerprint density at radius 2 is 2.00 bits per heavy atom. The topological polar surface area (TPSA) is 68.6 Å². The van der Waals surface area contributed by atoms with Gasteiger partial charge in [0, 0.05) is 0 Å². The van der Waals surface area contributed by atoms with Gasteiger partial charge in [-0.3, -0.25) is 0 Å². The molecule has 90 valence electrons. The van der Waals surface area contributed by atoms with E-state index in [0.717, 1.165) is 0 Å². The molecule has 5 heteroatoms. The lowest BCUT2D eigenvalue weighted by Gasteiger charge is -2.13. The van der Waals surface area contributed by atoms with Crippen LogP contribution in [-0.2, 0) is 11.2 Å². The number of nitrogens with zero attached hydrogens (tertiary/aromatic N) is 1. The molecule has 0 unspecified atom stereocenters. The first-order valence-electron chi connectivity index (χ1n) is 4.88. The van der Waals surface area contributed by atoms with Crippen LogP contribution in [0.4, 0.5) is 0 Å². The molecule has 1 aromatic carbocycles. The molecule has 0 N–H and O–H groups in total. The van der Waals surface area contributed by atoms with Crippen LogP contribution in [0.1, 0.15) is 15.9 Å². The second-order valence-corrected chi connectivity index (χ2v) is 3.16. The molecule has 0 aromatic heterocycles. The van der Waals surface area contributed by atoms with Crippen molar-refractivity contribution in [2.75, 3.05) is 21.3 Å². The summed E-state index contributed by atoms with van der Waals surface area (Å²) in [6.07, 6.45) is 0.102. The molecule has 5 nitrogen and oxygen atoms in total. The minimum Gasteiger partial charge on any atom is -0.493 e. The zero-order valence-corrected chi connectivity index (χ0v) is 9.94. The third-order valence-electron chi connectivity index (χ3n) is 2.29. The molecule has 0 aliphatic rings. The van der Waals surface area contributed by atoms with Gasteiger partial charge in [-0.25, -0.2) is 4.79 Å². The first kappa shape index (κ1) is 12.8. The van der Waals surface area contributed by atoms with Crippen molar-refractivity contribution in [1.29, 1.82) is 5.26 Å². The molecule has 0 aliphatic heterocycles. The van der Waals surface area contributed by atoms with Crippen molar-refractivity contribution >= 4 is 5.97 Å². The van der Waals surface area contributed by atoms with E-state index in [1.54, 1.807) is 12.1 Å². The van der Waals surface area contributed by atoms with Crippen molar-refractivity contribution in [3.8, 4) is 17.6 Å². The molecule has 1 aromatic rings. The van der Waals surface area contributed by atoms with E-state index < -0.39 is 5.97 Å². The molecule has 0 fully saturated rings. The molecule has 0 spiro atoms. The molecular weight excluding hydrogens is 222 g/mol. The van der Waals surface area contributed by atoms with Crippen molar-refractivity contribution < 1.29 is 19.0 Å². The van der Waals surface area contributed by atoms with Gasteiger partial charge >= 0.3 is 5.97 Å². The number of hydrogen-bond acceptors (Lipinski definition) is 5. The van der Waals surface area contributed by atoms with E-state index in [4.69, 9.17) is 14.7 Å². The van der Waals surface area contributed by atoms with Crippen LogP contribution in [0, 0.1) is 11.3 Å². The van der Waals surface area contributed by atoms with Crippen LogP contribution >= 0.6 is 0 Å². The highest BCUT2D eigenvalue weighted by Crippen LogP contribution is 2.34. The number of hydrogen-bond donors (Lipinski definition) is 0. The maximum atomic E-state index is 11.7. The summed E-state index contributed by atoms with van der Waals surface area (Å²) in [7, 11) is 4.18. The van der Waals surface area contributed by atoms with Crippen LogP contribution in [0.2, 0.25) is 0 Å². The molecule has 0 amide bonds. The zero-order valence-electron chi connectivity index (χ0n) is 9.94. The van der Waals surface area contributed by atoms with Gasteiger partial charge in [0.05, 0.1) is 33.8 Å². The molecule has 0 saturated carbocycles. The average Bonchev–Trinajstić information content (AvgIpc) is 2.37. The zero-order chi connectivity index (χ0) is 12.8. The predicted octanol–water partition coefficient (Wildman–Crippen LogP) is 1.56. The number of benzene rings is 1. The van der Waals surface area contributed by atoms with Gasteiger partial charge in [0.1, 0.15) is 5.56 Å². The highest BCUT2D eigenvalue weighted by atomic mass is 16.5. The van der Waals surface area contributed by atoms with Gasteiger partial charge in [0.15, 0.2) is 11.5 Å². The fourth-order valence-electron chi connectivity index (χ4n) is 1.53. The monoisotopic (exact) mass is 235 g/mol. The van der Waals surface area contributed by atoms with E-state index in [0.29, 0.717) is 11.3 Å². The van der Waals surface area contributed by atoms with Crippen molar-refractivity contribution in [3.05, 3.63) is 23.3 Å². The van der Waals surface area contributed by atoms with Crippen molar-refractivity contribution in [2.24, 2.45) is 0 Å². The largest absolute Gasteiger partial charge is 0.493 e. The lowest BCUT2D eigenvalue weighted by Crippen LogP contribution is -2.09. The van der Waals surface area contributed by atoms with Gasteiger partial charge in [-0.1, -0.05) is 6.07 Å². The normalized spacial score (nSPS) is 9.29. The second kappa shape index (κ2) is 5.75. The molecule has 0 radical (unpaired) electrons. The second-order valence-electron chi connectivity index (χ2n) is 3.16. The summed E-state index contributed by atoms with van der Waals surface area (Å²) >= 11 is 0. The molecule has 0 bridgehead atoms. The quantitative estimate of drug-likeness (QED) is 0.741. The maximum absolute atomic E-state index is 11.7. The lowest BCUT2D eigenvalue weighted by molar-refractivity contribution is 0.0595.